The van der Waals surface area contributed by atoms with Crippen LogP contribution in [0.15, 0.2) is 24.3 Å². The van der Waals surface area contributed by atoms with Crippen molar-refractivity contribution in [2.45, 2.75) is 26.2 Å². The first-order valence-electron chi connectivity index (χ1n) is 7.68. The zero-order valence-corrected chi connectivity index (χ0v) is 13.0. The first-order chi connectivity index (χ1) is 10.1. The van der Waals surface area contributed by atoms with Crippen molar-refractivity contribution in [2.24, 2.45) is 0 Å². The summed E-state index contributed by atoms with van der Waals surface area (Å²) < 4.78 is 0. The average molecular weight is 288 g/mol. The van der Waals surface area contributed by atoms with Gasteiger partial charge in [0.1, 0.15) is 0 Å². The fourth-order valence-electron chi connectivity index (χ4n) is 2.62. The third kappa shape index (κ3) is 4.39. The van der Waals surface area contributed by atoms with Crippen molar-refractivity contribution in [3.8, 4) is 0 Å². The highest BCUT2D eigenvalue weighted by atomic mass is 16.2. The van der Waals surface area contributed by atoms with Gasteiger partial charge in [-0.2, -0.15) is 0 Å². The highest BCUT2D eigenvalue weighted by Gasteiger charge is 2.21. The number of aryl methyl sites for hydroxylation is 1. The Morgan fingerprint density at radius 3 is 2.57 bits per heavy atom. The Hall–Kier alpha value is -1.68. The van der Waals surface area contributed by atoms with Crippen LogP contribution in [0.2, 0.25) is 0 Å². The van der Waals surface area contributed by atoms with Gasteiger partial charge in [-0.25, -0.2) is 0 Å². The molecule has 114 valence electrons. The highest BCUT2D eigenvalue weighted by Crippen LogP contribution is 2.09. The van der Waals surface area contributed by atoms with E-state index in [-0.39, 0.29) is 11.7 Å². The van der Waals surface area contributed by atoms with Gasteiger partial charge in [-0.05, 0) is 18.4 Å². The lowest BCUT2D eigenvalue weighted by molar-refractivity contribution is -0.129. The zero-order chi connectivity index (χ0) is 15.2. The molecule has 0 radical (unpaired) electrons. The van der Waals surface area contributed by atoms with Crippen LogP contribution in [0.3, 0.4) is 0 Å². The molecule has 1 aliphatic heterocycles. The largest absolute Gasteiger partial charge is 0.345 e. The molecule has 21 heavy (non-hydrogen) atoms. The van der Waals surface area contributed by atoms with E-state index in [1.807, 2.05) is 36.2 Å². The Morgan fingerprint density at radius 2 is 1.90 bits per heavy atom. The molecule has 1 aliphatic rings. The number of hydrogen-bond acceptors (Lipinski definition) is 3. The molecule has 1 aromatic carbocycles. The monoisotopic (exact) mass is 288 g/mol. The topological polar surface area (TPSA) is 40.6 Å². The molecule has 1 saturated heterocycles. The number of rotatable bonds is 5. The molecule has 0 spiro atoms. The number of ketones is 1. The standard InChI is InChI=1S/C17H24N2O2/c1-3-5-14-6-8-15(9-7-14)16(20)12-19-11-4-10-18(2)17(21)13-19/h6-9H,3-5,10-13H2,1-2H3. The lowest BCUT2D eigenvalue weighted by atomic mass is 10.1. The van der Waals surface area contributed by atoms with Gasteiger partial charge in [0.2, 0.25) is 5.91 Å². The van der Waals surface area contributed by atoms with Crippen LogP contribution in [0, 0.1) is 0 Å². The van der Waals surface area contributed by atoms with E-state index in [0.29, 0.717) is 13.1 Å². The van der Waals surface area contributed by atoms with Gasteiger partial charge in [0, 0.05) is 25.7 Å². The van der Waals surface area contributed by atoms with Crippen molar-refractivity contribution >= 4 is 11.7 Å². The minimum absolute atomic E-state index is 0.0930. The Balaban J connectivity index is 1.95. The van der Waals surface area contributed by atoms with E-state index in [1.165, 1.54) is 5.56 Å². The molecule has 0 saturated carbocycles. The maximum Gasteiger partial charge on any atom is 0.236 e. The second-order valence-corrected chi connectivity index (χ2v) is 5.75. The third-order valence-corrected chi connectivity index (χ3v) is 3.93. The molecule has 4 heteroatoms. The van der Waals surface area contributed by atoms with Crippen LogP contribution in [0.1, 0.15) is 35.7 Å². The summed E-state index contributed by atoms with van der Waals surface area (Å²) in [5.41, 5.74) is 2.00. The number of nitrogens with zero attached hydrogens (tertiary/aromatic N) is 2. The second-order valence-electron chi connectivity index (χ2n) is 5.75. The molecule has 1 heterocycles. The second kappa shape index (κ2) is 7.36. The molecule has 0 bridgehead atoms. The van der Waals surface area contributed by atoms with Crippen LogP contribution < -0.4 is 0 Å². The number of likely N-dealkylation sites (N-methyl/N-ethyl adjacent to an activating group) is 1. The van der Waals surface area contributed by atoms with Crippen LogP contribution in [-0.4, -0.2) is 54.7 Å². The molecule has 4 nitrogen and oxygen atoms in total. The number of Topliss-reactive ketones (excluding diaryl/α,β-unsaturated/α-hetero) is 1. The maximum atomic E-state index is 12.3. The molecule has 2 rings (SSSR count). The van der Waals surface area contributed by atoms with Crippen molar-refractivity contribution in [2.75, 3.05) is 33.2 Å². The van der Waals surface area contributed by atoms with Crippen LogP contribution in [0.4, 0.5) is 0 Å². The summed E-state index contributed by atoms with van der Waals surface area (Å²) in [6, 6.07) is 7.86. The van der Waals surface area contributed by atoms with Crippen molar-refractivity contribution < 1.29 is 9.59 Å². The van der Waals surface area contributed by atoms with Crippen LogP contribution in [0.25, 0.3) is 0 Å². The molecular formula is C17H24N2O2. The van der Waals surface area contributed by atoms with Crippen LogP contribution in [0.5, 0.6) is 0 Å². The van der Waals surface area contributed by atoms with Gasteiger partial charge in [0.25, 0.3) is 0 Å². The van der Waals surface area contributed by atoms with Crippen LogP contribution >= 0.6 is 0 Å². The highest BCUT2D eigenvalue weighted by molar-refractivity contribution is 5.97. The predicted octanol–water partition coefficient (Wildman–Crippen LogP) is 1.99. The Bertz CT molecular complexity index is 496. The molecule has 1 amide bonds. The van der Waals surface area contributed by atoms with Crippen LogP contribution in [-0.2, 0) is 11.2 Å². The maximum absolute atomic E-state index is 12.3. The SMILES string of the molecule is CCCc1ccc(C(=O)CN2CCCN(C)C(=O)C2)cc1. The normalized spacial score (nSPS) is 16.9. The summed E-state index contributed by atoms with van der Waals surface area (Å²) in [6.07, 6.45) is 3.07. The zero-order valence-electron chi connectivity index (χ0n) is 13.0. The lowest BCUT2D eigenvalue weighted by Gasteiger charge is -2.18. The molecule has 0 unspecified atom stereocenters. The molecule has 1 aromatic rings. The smallest absolute Gasteiger partial charge is 0.236 e. The van der Waals surface area contributed by atoms with Crippen molar-refractivity contribution in [1.29, 1.82) is 0 Å². The predicted molar refractivity (Wildman–Crippen MR) is 83.5 cm³/mol. The van der Waals surface area contributed by atoms with E-state index < -0.39 is 0 Å². The Labute approximate surface area is 126 Å². The van der Waals surface area contributed by atoms with Gasteiger partial charge >= 0.3 is 0 Å². The first kappa shape index (κ1) is 15.7. The van der Waals surface area contributed by atoms with E-state index >= 15 is 0 Å². The summed E-state index contributed by atoms with van der Waals surface area (Å²) in [6.45, 7) is 4.39. The van der Waals surface area contributed by atoms with Crippen molar-refractivity contribution in [3.63, 3.8) is 0 Å². The van der Waals surface area contributed by atoms with Gasteiger partial charge < -0.3 is 4.90 Å². The fourth-order valence-corrected chi connectivity index (χ4v) is 2.62. The van der Waals surface area contributed by atoms with Gasteiger partial charge in [-0.15, -0.1) is 0 Å². The summed E-state index contributed by atoms with van der Waals surface area (Å²) in [7, 11) is 1.82. The van der Waals surface area contributed by atoms with Gasteiger partial charge in [-0.3, -0.25) is 14.5 Å². The summed E-state index contributed by atoms with van der Waals surface area (Å²) in [4.78, 5) is 27.8. The number of carbonyl (C=O) groups excluding carboxylic acids is 2. The molecule has 0 N–H and O–H groups in total. The number of hydrogen-bond donors (Lipinski definition) is 0. The fraction of sp³-hybridized carbons (Fsp3) is 0.529. The summed E-state index contributed by atoms with van der Waals surface area (Å²) in [5.74, 6) is 0.189. The minimum Gasteiger partial charge on any atom is -0.345 e. The molecule has 0 aliphatic carbocycles. The van der Waals surface area contributed by atoms with Crippen molar-refractivity contribution in [1.82, 2.24) is 9.80 Å². The van der Waals surface area contributed by atoms with E-state index in [2.05, 4.69) is 6.92 Å². The molecule has 1 fully saturated rings. The van der Waals surface area contributed by atoms with Gasteiger partial charge in [0.15, 0.2) is 5.78 Å². The van der Waals surface area contributed by atoms with Crippen molar-refractivity contribution in [3.05, 3.63) is 35.4 Å². The van der Waals surface area contributed by atoms with E-state index in [4.69, 9.17) is 0 Å². The van der Waals surface area contributed by atoms with E-state index in [9.17, 15) is 9.59 Å². The Morgan fingerprint density at radius 1 is 1.19 bits per heavy atom. The first-order valence-corrected chi connectivity index (χ1v) is 7.68. The summed E-state index contributed by atoms with van der Waals surface area (Å²) in [5, 5.41) is 0. The molecule has 0 aromatic heterocycles. The minimum atomic E-state index is 0.0930. The third-order valence-electron chi connectivity index (χ3n) is 3.93. The van der Waals surface area contributed by atoms with Gasteiger partial charge in [-0.1, -0.05) is 37.6 Å². The van der Waals surface area contributed by atoms with E-state index in [0.717, 1.165) is 37.9 Å². The summed E-state index contributed by atoms with van der Waals surface area (Å²) >= 11 is 0. The lowest BCUT2D eigenvalue weighted by Crippen LogP contribution is -2.37. The average Bonchev–Trinajstić information content (AvgIpc) is 2.62. The quantitative estimate of drug-likeness (QED) is 0.778. The molecular weight excluding hydrogens is 264 g/mol. The number of carbonyl (C=O) groups is 2. The number of amides is 1. The number of benzene rings is 1. The van der Waals surface area contributed by atoms with Gasteiger partial charge in [0.05, 0.1) is 13.1 Å². The molecule has 0 atom stereocenters. The Kier molecular flexibility index (Phi) is 5.51. The van der Waals surface area contributed by atoms with E-state index in [1.54, 1.807) is 4.90 Å².